The Bertz CT molecular complexity index is 185. The fraction of sp³-hybridized carbons (Fsp3) is 0.846. The van der Waals surface area contributed by atoms with E-state index in [1.165, 1.54) is 5.57 Å². The molecule has 0 heterocycles. The highest BCUT2D eigenvalue weighted by Crippen LogP contribution is 2.27. The molecule has 0 bridgehead atoms. The predicted molar refractivity (Wildman–Crippen MR) is 67.0 cm³/mol. The molecule has 15 heavy (non-hydrogen) atoms. The van der Waals surface area contributed by atoms with Crippen LogP contribution < -0.4 is 5.73 Å². The van der Waals surface area contributed by atoms with E-state index in [1.54, 1.807) is 0 Å². The van der Waals surface area contributed by atoms with Crippen molar-refractivity contribution in [3.8, 4) is 0 Å². The SMILES string of the molecule is C=C(CC)CC(N)C(CC)(CC)OCC. The molecule has 0 amide bonds. The average Bonchev–Trinajstić information content (AvgIpc) is 2.25. The number of nitrogens with two attached hydrogens (primary N) is 1. The molecule has 90 valence electrons. The molecule has 0 aliphatic rings. The van der Waals surface area contributed by atoms with E-state index in [0.29, 0.717) is 0 Å². The van der Waals surface area contributed by atoms with E-state index < -0.39 is 0 Å². The zero-order valence-electron chi connectivity index (χ0n) is 10.8. The number of rotatable bonds is 8. The maximum atomic E-state index is 6.25. The van der Waals surface area contributed by atoms with Crippen LogP contribution in [0.25, 0.3) is 0 Å². The smallest absolute Gasteiger partial charge is 0.0830 e. The molecule has 2 heteroatoms. The van der Waals surface area contributed by atoms with E-state index in [0.717, 1.165) is 32.3 Å². The topological polar surface area (TPSA) is 35.2 Å². The van der Waals surface area contributed by atoms with Crippen molar-refractivity contribution < 1.29 is 4.74 Å². The summed E-state index contributed by atoms with van der Waals surface area (Å²) >= 11 is 0. The normalized spacial score (nSPS) is 13.9. The summed E-state index contributed by atoms with van der Waals surface area (Å²) in [7, 11) is 0. The Kier molecular flexibility index (Phi) is 6.86. The van der Waals surface area contributed by atoms with Crippen LogP contribution >= 0.6 is 0 Å². The molecule has 0 aliphatic carbocycles. The number of ether oxygens (including phenoxy) is 1. The monoisotopic (exact) mass is 213 g/mol. The Hall–Kier alpha value is -0.340. The second-order valence-corrected chi connectivity index (χ2v) is 4.12. The van der Waals surface area contributed by atoms with Crippen molar-refractivity contribution in [1.82, 2.24) is 0 Å². The highest BCUT2D eigenvalue weighted by atomic mass is 16.5. The molecule has 0 saturated carbocycles. The van der Waals surface area contributed by atoms with Gasteiger partial charge in [0.25, 0.3) is 0 Å². The summed E-state index contributed by atoms with van der Waals surface area (Å²) in [5.74, 6) is 0. The van der Waals surface area contributed by atoms with Crippen molar-refractivity contribution in [3.05, 3.63) is 12.2 Å². The lowest BCUT2D eigenvalue weighted by Crippen LogP contribution is -2.49. The first kappa shape index (κ1) is 14.7. The summed E-state index contributed by atoms with van der Waals surface area (Å²) in [4.78, 5) is 0. The van der Waals surface area contributed by atoms with Crippen molar-refractivity contribution in [1.29, 1.82) is 0 Å². The molecule has 1 atom stereocenters. The van der Waals surface area contributed by atoms with Crippen molar-refractivity contribution >= 4 is 0 Å². The van der Waals surface area contributed by atoms with E-state index in [1.807, 2.05) is 6.92 Å². The van der Waals surface area contributed by atoms with Crippen LogP contribution in [0.1, 0.15) is 53.4 Å². The highest BCUT2D eigenvalue weighted by molar-refractivity contribution is 5.02. The number of hydrogen-bond acceptors (Lipinski definition) is 2. The van der Waals surface area contributed by atoms with Gasteiger partial charge in [-0.2, -0.15) is 0 Å². The zero-order valence-corrected chi connectivity index (χ0v) is 10.8. The lowest BCUT2D eigenvalue weighted by atomic mass is 9.84. The minimum absolute atomic E-state index is 0.0694. The van der Waals surface area contributed by atoms with E-state index in [4.69, 9.17) is 10.5 Å². The Labute approximate surface area is 94.9 Å². The van der Waals surface area contributed by atoms with Gasteiger partial charge < -0.3 is 10.5 Å². The largest absolute Gasteiger partial charge is 0.374 e. The Balaban J connectivity index is 4.52. The molecular formula is C13H27NO. The highest BCUT2D eigenvalue weighted by Gasteiger charge is 2.33. The van der Waals surface area contributed by atoms with Gasteiger partial charge in [-0.1, -0.05) is 32.9 Å². The van der Waals surface area contributed by atoms with Crippen LogP contribution in [0.3, 0.4) is 0 Å². The fourth-order valence-electron chi connectivity index (χ4n) is 2.01. The lowest BCUT2D eigenvalue weighted by Gasteiger charge is -2.37. The zero-order chi connectivity index (χ0) is 11.9. The van der Waals surface area contributed by atoms with Crippen LogP contribution in [0, 0.1) is 0 Å². The molecule has 0 aromatic rings. The maximum Gasteiger partial charge on any atom is 0.0830 e. The van der Waals surface area contributed by atoms with Gasteiger partial charge in [-0.25, -0.2) is 0 Å². The molecule has 0 aliphatic heterocycles. The van der Waals surface area contributed by atoms with E-state index >= 15 is 0 Å². The van der Waals surface area contributed by atoms with Crippen molar-refractivity contribution in [3.63, 3.8) is 0 Å². The molecule has 0 rings (SSSR count). The van der Waals surface area contributed by atoms with Crippen molar-refractivity contribution in [2.75, 3.05) is 6.61 Å². The van der Waals surface area contributed by atoms with Crippen LogP contribution in [0.15, 0.2) is 12.2 Å². The van der Waals surface area contributed by atoms with E-state index in [2.05, 4.69) is 27.4 Å². The first-order valence-corrected chi connectivity index (χ1v) is 6.12. The van der Waals surface area contributed by atoms with Gasteiger partial charge in [-0.3, -0.25) is 0 Å². The Morgan fingerprint density at radius 3 is 2.13 bits per heavy atom. The predicted octanol–water partition coefficient (Wildman–Crippen LogP) is 3.27. The van der Waals surface area contributed by atoms with Gasteiger partial charge in [0.05, 0.1) is 5.60 Å². The second-order valence-electron chi connectivity index (χ2n) is 4.12. The lowest BCUT2D eigenvalue weighted by molar-refractivity contribution is -0.0634. The Morgan fingerprint density at radius 1 is 1.27 bits per heavy atom. The van der Waals surface area contributed by atoms with Gasteiger partial charge in [-0.05, 0) is 32.6 Å². The van der Waals surface area contributed by atoms with Crippen LogP contribution in [-0.2, 0) is 4.74 Å². The van der Waals surface area contributed by atoms with Gasteiger partial charge in [0.2, 0.25) is 0 Å². The first-order valence-electron chi connectivity index (χ1n) is 6.12. The third-order valence-corrected chi connectivity index (χ3v) is 3.31. The molecule has 1 unspecified atom stereocenters. The van der Waals surface area contributed by atoms with E-state index in [-0.39, 0.29) is 11.6 Å². The molecular weight excluding hydrogens is 186 g/mol. The third-order valence-electron chi connectivity index (χ3n) is 3.31. The third kappa shape index (κ3) is 3.96. The molecule has 2 nitrogen and oxygen atoms in total. The average molecular weight is 213 g/mol. The summed E-state index contributed by atoms with van der Waals surface area (Å²) in [6, 6.07) is 0.0694. The summed E-state index contributed by atoms with van der Waals surface area (Å²) in [5.41, 5.74) is 7.31. The van der Waals surface area contributed by atoms with Gasteiger partial charge in [0, 0.05) is 12.6 Å². The van der Waals surface area contributed by atoms with Crippen LogP contribution in [0.5, 0.6) is 0 Å². The molecule has 0 saturated heterocycles. The molecule has 0 aromatic heterocycles. The molecule has 0 radical (unpaired) electrons. The van der Waals surface area contributed by atoms with Gasteiger partial charge >= 0.3 is 0 Å². The summed E-state index contributed by atoms with van der Waals surface area (Å²) in [5, 5.41) is 0. The minimum Gasteiger partial charge on any atom is -0.374 e. The molecule has 0 aromatic carbocycles. The van der Waals surface area contributed by atoms with Crippen LogP contribution in [0.2, 0.25) is 0 Å². The Morgan fingerprint density at radius 2 is 1.80 bits per heavy atom. The van der Waals surface area contributed by atoms with E-state index in [9.17, 15) is 0 Å². The second kappa shape index (κ2) is 7.02. The number of hydrogen-bond donors (Lipinski definition) is 1. The quantitative estimate of drug-likeness (QED) is 0.628. The molecule has 0 fully saturated rings. The first-order chi connectivity index (χ1) is 7.06. The molecule has 0 spiro atoms. The van der Waals surface area contributed by atoms with Crippen LogP contribution in [-0.4, -0.2) is 18.2 Å². The maximum absolute atomic E-state index is 6.25. The summed E-state index contributed by atoms with van der Waals surface area (Å²) < 4.78 is 5.87. The van der Waals surface area contributed by atoms with Crippen LogP contribution in [0.4, 0.5) is 0 Å². The van der Waals surface area contributed by atoms with Gasteiger partial charge in [-0.15, -0.1) is 0 Å². The summed E-state index contributed by atoms with van der Waals surface area (Å²) in [6.07, 6.45) is 3.81. The van der Waals surface area contributed by atoms with Gasteiger partial charge in [0.15, 0.2) is 0 Å². The standard InChI is InChI=1S/C13H27NO/c1-6-11(5)10-12(14)13(7-2,8-3)15-9-4/h12H,5-10,14H2,1-4H3. The van der Waals surface area contributed by atoms with Crippen molar-refractivity contribution in [2.45, 2.75) is 65.0 Å². The minimum atomic E-state index is -0.160. The van der Waals surface area contributed by atoms with Crippen molar-refractivity contribution in [2.24, 2.45) is 5.73 Å². The van der Waals surface area contributed by atoms with Gasteiger partial charge in [0.1, 0.15) is 0 Å². The molecule has 2 N–H and O–H groups in total. The fourth-order valence-corrected chi connectivity index (χ4v) is 2.01. The summed E-state index contributed by atoms with van der Waals surface area (Å²) in [6.45, 7) is 13.2.